The molecule has 5 nitrogen and oxygen atoms in total. The minimum atomic E-state index is -0.307. The number of hydrogen-bond donors (Lipinski definition) is 2. The summed E-state index contributed by atoms with van der Waals surface area (Å²) < 4.78 is 0. The number of benzene rings is 1. The summed E-state index contributed by atoms with van der Waals surface area (Å²) >= 11 is 12.1. The van der Waals surface area contributed by atoms with E-state index in [2.05, 4.69) is 27.1 Å². The van der Waals surface area contributed by atoms with Crippen LogP contribution in [0.1, 0.15) is 15.9 Å². The molecular formula is C18H18Cl2N4O. The van der Waals surface area contributed by atoms with Gasteiger partial charge in [0.15, 0.2) is 0 Å². The first-order valence-corrected chi connectivity index (χ1v) is 8.64. The summed E-state index contributed by atoms with van der Waals surface area (Å²) in [6.45, 7) is 6.78. The highest BCUT2D eigenvalue weighted by Crippen LogP contribution is 2.24. The molecule has 3 rings (SSSR count). The largest absolute Gasteiger partial charge is 0.386 e. The number of pyridine rings is 1. The van der Waals surface area contributed by atoms with Gasteiger partial charge in [0.05, 0.1) is 22.2 Å². The average Bonchev–Trinajstić information content (AvgIpc) is 2.60. The molecule has 0 atom stereocenters. The number of nitrogens with zero attached hydrogens (tertiary/aromatic N) is 2. The highest BCUT2D eigenvalue weighted by molar-refractivity contribution is 6.39. The number of anilines is 1. The third-order valence-electron chi connectivity index (χ3n) is 3.91. The number of amides is 1. The van der Waals surface area contributed by atoms with Gasteiger partial charge in [-0.05, 0) is 23.8 Å². The van der Waals surface area contributed by atoms with Gasteiger partial charge in [0.2, 0.25) is 0 Å². The maximum Gasteiger partial charge on any atom is 0.254 e. The normalized spacial score (nSPS) is 14.2. The predicted octanol–water partition coefficient (Wildman–Crippen LogP) is 3.24. The van der Waals surface area contributed by atoms with Crippen molar-refractivity contribution in [1.82, 2.24) is 15.6 Å². The number of nitrogens with one attached hydrogen (secondary N) is 2. The molecule has 1 amide bonds. The van der Waals surface area contributed by atoms with Crippen LogP contribution in [0, 0.1) is 0 Å². The van der Waals surface area contributed by atoms with E-state index < -0.39 is 0 Å². The van der Waals surface area contributed by atoms with Crippen molar-refractivity contribution in [1.29, 1.82) is 0 Å². The molecule has 25 heavy (non-hydrogen) atoms. The van der Waals surface area contributed by atoms with Crippen LogP contribution in [0.4, 0.5) is 5.82 Å². The molecule has 0 aliphatic carbocycles. The Morgan fingerprint density at radius 2 is 2.04 bits per heavy atom. The van der Waals surface area contributed by atoms with Crippen LogP contribution in [0.5, 0.6) is 0 Å². The number of halogens is 2. The Morgan fingerprint density at radius 1 is 1.28 bits per heavy atom. The van der Waals surface area contributed by atoms with Gasteiger partial charge in [-0.3, -0.25) is 4.79 Å². The monoisotopic (exact) mass is 376 g/mol. The van der Waals surface area contributed by atoms with Gasteiger partial charge in [-0.1, -0.05) is 41.9 Å². The van der Waals surface area contributed by atoms with Crippen molar-refractivity contribution in [2.75, 3.05) is 24.5 Å². The average molecular weight is 377 g/mol. The number of hydrogen-bond acceptors (Lipinski definition) is 4. The van der Waals surface area contributed by atoms with E-state index in [4.69, 9.17) is 23.2 Å². The quantitative estimate of drug-likeness (QED) is 0.859. The molecule has 1 fully saturated rings. The number of aromatic nitrogens is 1. The number of piperazine rings is 1. The van der Waals surface area contributed by atoms with E-state index in [1.54, 1.807) is 24.4 Å². The third kappa shape index (κ3) is 4.24. The van der Waals surface area contributed by atoms with Gasteiger partial charge >= 0.3 is 0 Å². The molecular weight excluding hydrogens is 359 g/mol. The lowest BCUT2D eigenvalue weighted by Crippen LogP contribution is -2.42. The number of carbonyl (C=O) groups excluding carboxylic acids is 1. The molecule has 1 saturated heterocycles. The predicted molar refractivity (Wildman–Crippen MR) is 101 cm³/mol. The van der Waals surface area contributed by atoms with Gasteiger partial charge in [0, 0.05) is 31.5 Å². The summed E-state index contributed by atoms with van der Waals surface area (Å²) in [5, 5.41) is 6.70. The topological polar surface area (TPSA) is 57.3 Å². The standard InChI is InChI=1S/C18H18Cl2N4O/c1-12-11-24(8-7-21-12)16-6-5-13(9-22-16)10-23-18(25)17-14(19)3-2-4-15(17)20/h2-6,9,21H,1,7-8,10-11H2,(H,23,25). The number of carbonyl (C=O) groups is 1. The summed E-state index contributed by atoms with van der Waals surface area (Å²) in [4.78, 5) is 18.9. The smallest absolute Gasteiger partial charge is 0.254 e. The SMILES string of the molecule is C=C1CN(c2ccc(CNC(=O)c3c(Cl)cccc3Cl)cn2)CCN1. The maximum absolute atomic E-state index is 12.3. The Kier molecular flexibility index (Phi) is 5.46. The van der Waals surface area contributed by atoms with E-state index in [9.17, 15) is 4.79 Å². The summed E-state index contributed by atoms with van der Waals surface area (Å²) in [5.74, 6) is 0.588. The first-order valence-electron chi connectivity index (χ1n) is 7.88. The van der Waals surface area contributed by atoms with Crippen LogP contribution >= 0.6 is 23.2 Å². The Morgan fingerprint density at radius 3 is 2.68 bits per heavy atom. The molecule has 1 aliphatic heterocycles. The minimum absolute atomic E-state index is 0.287. The van der Waals surface area contributed by atoms with Crippen LogP contribution in [0.25, 0.3) is 0 Å². The zero-order valence-electron chi connectivity index (χ0n) is 13.6. The fraction of sp³-hybridized carbons (Fsp3) is 0.222. The molecule has 2 heterocycles. The van der Waals surface area contributed by atoms with Crippen LogP contribution in [0.3, 0.4) is 0 Å². The number of rotatable bonds is 4. The van der Waals surface area contributed by atoms with E-state index in [1.165, 1.54) is 0 Å². The summed E-state index contributed by atoms with van der Waals surface area (Å²) in [6, 6.07) is 8.87. The van der Waals surface area contributed by atoms with Crippen LogP contribution in [0.15, 0.2) is 48.8 Å². The van der Waals surface area contributed by atoms with Crippen molar-refractivity contribution >= 4 is 34.9 Å². The second kappa shape index (κ2) is 7.76. The van der Waals surface area contributed by atoms with E-state index in [1.807, 2.05) is 12.1 Å². The van der Waals surface area contributed by atoms with Gasteiger partial charge in [-0.25, -0.2) is 4.98 Å². The summed E-state index contributed by atoms with van der Waals surface area (Å²) in [5.41, 5.74) is 2.17. The molecule has 1 aliphatic rings. The van der Waals surface area contributed by atoms with Gasteiger partial charge in [0.25, 0.3) is 5.91 Å². The lowest BCUT2D eigenvalue weighted by molar-refractivity contribution is 0.0951. The van der Waals surface area contributed by atoms with E-state index >= 15 is 0 Å². The van der Waals surface area contributed by atoms with Crippen molar-refractivity contribution < 1.29 is 4.79 Å². The summed E-state index contributed by atoms with van der Waals surface area (Å²) in [7, 11) is 0. The minimum Gasteiger partial charge on any atom is -0.386 e. The van der Waals surface area contributed by atoms with Crippen molar-refractivity contribution in [2.24, 2.45) is 0 Å². The fourth-order valence-corrected chi connectivity index (χ4v) is 3.19. The lowest BCUT2D eigenvalue weighted by Gasteiger charge is -2.30. The van der Waals surface area contributed by atoms with Crippen LogP contribution in [-0.2, 0) is 6.54 Å². The molecule has 2 aromatic rings. The fourth-order valence-electron chi connectivity index (χ4n) is 2.62. The van der Waals surface area contributed by atoms with Crippen molar-refractivity contribution in [3.8, 4) is 0 Å². The molecule has 130 valence electrons. The third-order valence-corrected chi connectivity index (χ3v) is 4.54. The second-order valence-corrected chi connectivity index (χ2v) is 6.57. The van der Waals surface area contributed by atoms with Gasteiger partial charge in [0.1, 0.15) is 5.82 Å². The second-order valence-electron chi connectivity index (χ2n) is 5.76. The maximum atomic E-state index is 12.3. The van der Waals surface area contributed by atoms with Crippen molar-refractivity contribution in [2.45, 2.75) is 6.54 Å². The first kappa shape index (κ1) is 17.6. The Labute approximate surface area is 156 Å². The van der Waals surface area contributed by atoms with E-state index in [0.29, 0.717) is 16.6 Å². The Bertz CT molecular complexity index is 772. The molecule has 0 bridgehead atoms. The molecule has 1 aromatic heterocycles. The molecule has 0 radical (unpaired) electrons. The molecule has 0 saturated carbocycles. The molecule has 2 N–H and O–H groups in total. The molecule has 1 aromatic carbocycles. The van der Waals surface area contributed by atoms with Crippen molar-refractivity contribution in [3.63, 3.8) is 0 Å². The molecule has 0 unspecified atom stereocenters. The zero-order valence-corrected chi connectivity index (χ0v) is 15.1. The lowest BCUT2D eigenvalue weighted by atomic mass is 10.2. The van der Waals surface area contributed by atoms with Crippen molar-refractivity contribution in [3.05, 3.63) is 70.0 Å². The van der Waals surface area contributed by atoms with Gasteiger partial charge < -0.3 is 15.5 Å². The van der Waals surface area contributed by atoms with Crippen LogP contribution in [-0.4, -0.2) is 30.5 Å². The van der Waals surface area contributed by atoms with Crippen LogP contribution in [0.2, 0.25) is 10.0 Å². The Balaban J connectivity index is 1.62. The highest BCUT2D eigenvalue weighted by Gasteiger charge is 2.15. The zero-order chi connectivity index (χ0) is 17.8. The first-order chi connectivity index (χ1) is 12.0. The van der Waals surface area contributed by atoms with E-state index in [0.717, 1.165) is 36.7 Å². The van der Waals surface area contributed by atoms with Crippen LogP contribution < -0.4 is 15.5 Å². The molecule has 0 spiro atoms. The van der Waals surface area contributed by atoms with Gasteiger partial charge in [-0.15, -0.1) is 0 Å². The summed E-state index contributed by atoms with van der Waals surface area (Å²) in [6.07, 6.45) is 1.76. The molecule has 7 heteroatoms. The highest BCUT2D eigenvalue weighted by atomic mass is 35.5. The van der Waals surface area contributed by atoms with E-state index in [-0.39, 0.29) is 11.5 Å². The Hall–Kier alpha value is -2.24. The van der Waals surface area contributed by atoms with Gasteiger partial charge in [-0.2, -0.15) is 0 Å².